The number of likely N-dealkylation sites (N-methyl/N-ethyl adjacent to an activating group) is 1. The van der Waals surface area contributed by atoms with Crippen molar-refractivity contribution in [2.75, 3.05) is 20.1 Å². The van der Waals surface area contributed by atoms with Gasteiger partial charge in [0.15, 0.2) is 0 Å². The Labute approximate surface area is 147 Å². The average molecular weight is 379 g/mol. The first-order chi connectivity index (χ1) is 11.6. The van der Waals surface area contributed by atoms with Gasteiger partial charge in [0.1, 0.15) is 5.01 Å². The maximum atomic E-state index is 11.8. The van der Waals surface area contributed by atoms with Gasteiger partial charge in [0.25, 0.3) is 0 Å². The van der Waals surface area contributed by atoms with E-state index in [2.05, 4.69) is 9.88 Å². The molecule has 1 amide bonds. The molecular formula is C15H20F3N3O3S. The smallest absolute Gasteiger partial charge is 0.475 e. The van der Waals surface area contributed by atoms with Gasteiger partial charge in [-0.3, -0.25) is 9.69 Å². The van der Waals surface area contributed by atoms with Gasteiger partial charge >= 0.3 is 12.1 Å². The molecular weight excluding hydrogens is 359 g/mol. The largest absolute Gasteiger partial charge is 0.490 e. The lowest BCUT2D eigenvalue weighted by Gasteiger charge is -2.44. The van der Waals surface area contributed by atoms with Crippen LogP contribution < -0.4 is 0 Å². The number of thiazole rings is 1. The van der Waals surface area contributed by atoms with Crippen LogP contribution in [0.5, 0.6) is 0 Å². The van der Waals surface area contributed by atoms with Crippen LogP contribution in [-0.4, -0.2) is 63.6 Å². The Morgan fingerprint density at radius 3 is 2.60 bits per heavy atom. The number of halogens is 3. The molecule has 140 valence electrons. The zero-order valence-corrected chi connectivity index (χ0v) is 14.6. The number of rotatable bonds is 2. The summed E-state index contributed by atoms with van der Waals surface area (Å²) in [7, 11) is 1.97. The molecule has 1 atom stereocenters. The average Bonchev–Trinajstić information content (AvgIpc) is 3.13. The minimum Gasteiger partial charge on any atom is -0.475 e. The highest BCUT2D eigenvalue weighted by Crippen LogP contribution is 2.37. The fourth-order valence-corrected chi connectivity index (χ4v) is 3.94. The summed E-state index contributed by atoms with van der Waals surface area (Å²) in [4.78, 5) is 29.5. The van der Waals surface area contributed by atoms with Crippen molar-refractivity contribution in [3.63, 3.8) is 0 Å². The third-order valence-corrected chi connectivity index (χ3v) is 5.37. The highest BCUT2D eigenvalue weighted by molar-refractivity contribution is 7.09. The van der Waals surface area contributed by atoms with E-state index in [1.54, 1.807) is 11.3 Å². The molecule has 1 spiro atoms. The molecule has 0 bridgehead atoms. The molecule has 10 heteroatoms. The first-order valence-corrected chi connectivity index (χ1v) is 8.69. The zero-order valence-electron chi connectivity index (χ0n) is 13.8. The van der Waals surface area contributed by atoms with Crippen molar-refractivity contribution in [1.29, 1.82) is 0 Å². The summed E-state index contributed by atoms with van der Waals surface area (Å²) in [5.74, 6) is -2.45. The second-order valence-corrected chi connectivity index (χ2v) is 7.20. The first-order valence-electron chi connectivity index (χ1n) is 7.81. The molecule has 25 heavy (non-hydrogen) atoms. The number of piperidine rings is 1. The van der Waals surface area contributed by atoms with E-state index in [-0.39, 0.29) is 5.54 Å². The van der Waals surface area contributed by atoms with E-state index in [1.807, 2.05) is 23.5 Å². The van der Waals surface area contributed by atoms with Gasteiger partial charge in [-0.15, -0.1) is 11.3 Å². The summed E-state index contributed by atoms with van der Waals surface area (Å²) in [6, 6.07) is 0. The molecule has 3 heterocycles. The molecule has 1 unspecified atom stereocenters. The third-order valence-electron chi connectivity index (χ3n) is 4.61. The lowest BCUT2D eigenvalue weighted by molar-refractivity contribution is -0.192. The molecule has 6 nitrogen and oxygen atoms in total. The van der Waals surface area contributed by atoms with Crippen LogP contribution in [0.25, 0.3) is 0 Å². The second-order valence-electron chi connectivity index (χ2n) is 6.22. The lowest BCUT2D eigenvalue weighted by atomic mass is 9.86. The van der Waals surface area contributed by atoms with E-state index in [4.69, 9.17) is 9.90 Å². The van der Waals surface area contributed by atoms with Crippen LogP contribution in [0, 0.1) is 0 Å². The van der Waals surface area contributed by atoms with Gasteiger partial charge in [0, 0.05) is 31.6 Å². The highest BCUT2D eigenvalue weighted by Gasteiger charge is 2.45. The van der Waals surface area contributed by atoms with E-state index in [0.29, 0.717) is 5.91 Å². The summed E-state index contributed by atoms with van der Waals surface area (Å²) >= 11 is 1.72. The molecule has 1 aromatic heterocycles. The van der Waals surface area contributed by atoms with Gasteiger partial charge in [-0.05, 0) is 25.8 Å². The number of carboxylic acid groups (broad SMARTS) is 1. The zero-order chi connectivity index (χ0) is 18.7. The van der Waals surface area contributed by atoms with Crippen molar-refractivity contribution in [3.05, 3.63) is 16.6 Å². The highest BCUT2D eigenvalue weighted by atomic mass is 32.1. The molecule has 0 radical (unpaired) electrons. The van der Waals surface area contributed by atoms with Crippen molar-refractivity contribution < 1.29 is 27.9 Å². The second kappa shape index (κ2) is 7.69. The molecule has 2 aliphatic heterocycles. The summed E-state index contributed by atoms with van der Waals surface area (Å²) in [6.45, 7) is 3.07. The number of hydrogen-bond donors (Lipinski definition) is 1. The number of aromatic nitrogens is 1. The molecule has 0 aliphatic carbocycles. The Bertz CT molecular complexity index is 609. The van der Waals surface area contributed by atoms with Gasteiger partial charge in [0.2, 0.25) is 5.91 Å². The molecule has 2 saturated heterocycles. The topological polar surface area (TPSA) is 73.7 Å². The predicted molar refractivity (Wildman–Crippen MR) is 85.1 cm³/mol. The van der Waals surface area contributed by atoms with Crippen LogP contribution >= 0.6 is 11.3 Å². The number of amides is 1. The summed E-state index contributed by atoms with van der Waals surface area (Å²) < 4.78 is 31.7. The normalized spacial score (nSPS) is 24.3. The molecule has 1 N–H and O–H groups in total. The monoisotopic (exact) mass is 379 g/mol. The van der Waals surface area contributed by atoms with Gasteiger partial charge in [-0.25, -0.2) is 9.78 Å². The number of carbonyl (C=O) groups is 2. The van der Waals surface area contributed by atoms with Crippen molar-refractivity contribution in [1.82, 2.24) is 14.8 Å². The SMILES string of the molecule is CN1C(=O)CCC12CCCN(Cc1nccs1)C2.O=C(O)C(F)(F)F. The fourth-order valence-electron chi connectivity index (χ4n) is 3.28. The quantitative estimate of drug-likeness (QED) is 0.854. The first kappa shape index (κ1) is 19.6. The van der Waals surface area contributed by atoms with E-state index in [0.717, 1.165) is 38.9 Å². The number of nitrogens with zero attached hydrogens (tertiary/aromatic N) is 3. The van der Waals surface area contributed by atoms with Crippen molar-refractivity contribution in [2.24, 2.45) is 0 Å². The van der Waals surface area contributed by atoms with Crippen LogP contribution in [0.4, 0.5) is 13.2 Å². The number of alkyl halides is 3. The molecule has 2 aliphatic rings. The van der Waals surface area contributed by atoms with Crippen LogP contribution in [-0.2, 0) is 16.1 Å². The molecule has 0 aromatic carbocycles. The molecule has 0 saturated carbocycles. The Morgan fingerprint density at radius 2 is 2.12 bits per heavy atom. The van der Waals surface area contributed by atoms with E-state index >= 15 is 0 Å². The predicted octanol–water partition coefficient (Wildman–Crippen LogP) is 2.36. The number of carbonyl (C=O) groups excluding carboxylic acids is 1. The number of aliphatic carboxylic acids is 1. The van der Waals surface area contributed by atoms with E-state index < -0.39 is 12.1 Å². The molecule has 1 aromatic rings. The molecule has 2 fully saturated rings. The summed E-state index contributed by atoms with van der Waals surface area (Å²) in [6.07, 6.45) is 0.871. The van der Waals surface area contributed by atoms with Crippen molar-refractivity contribution in [3.8, 4) is 0 Å². The van der Waals surface area contributed by atoms with Crippen molar-refractivity contribution in [2.45, 2.75) is 43.9 Å². The number of carboxylic acids is 1. The Balaban J connectivity index is 0.000000277. The van der Waals surface area contributed by atoms with Gasteiger partial charge in [-0.1, -0.05) is 0 Å². The fraction of sp³-hybridized carbons (Fsp3) is 0.667. The maximum Gasteiger partial charge on any atom is 0.490 e. The van der Waals surface area contributed by atoms with E-state index in [1.165, 1.54) is 11.4 Å². The van der Waals surface area contributed by atoms with Crippen molar-refractivity contribution >= 4 is 23.2 Å². The summed E-state index contributed by atoms with van der Waals surface area (Å²) in [5.41, 5.74) is 0.104. The van der Waals surface area contributed by atoms with E-state index in [9.17, 15) is 18.0 Å². The van der Waals surface area contributed by atoms with Gasteiger partial charge < -0.3 is 10.0 Å². The standard InChI is InChI=1S/C13H19N3OS.C2HF3O2/c1-15-12(17)3-5-13(15)4-2-7-16(10-13)9-11-14-6-8-18-11;3-2(4,5)1(6)7/h6,8H,2-5,7,9-10H2,1H3;(H,6,7). The van der Waals surface area contributed by atoms with Gasteiger partial charge in [-0.2, -0.15) is 13.2 Å². The Kier molecular flexibility index (Phi) is 6.04. The molecule has 3 rings (SSSR count). The maximum absolute atomic E-state index is 11.8. The Hall–Kier alpha value is -1.68. The van der Waals surface area contributed by atoms with Crippen LogP contribution in [0.3, 0.4) is 0 Å². The summed E-state index contributed by atoms with van der Waals surface area (Å²) in [5, 5.41) is 10.3. The third kappa shape index (κ3) is 4.91. The van der Waals surface area contributed by atoms with Gasteiger partial charge in [0.05, 0.1) is 12.1 Å². The number of likely N-dealkylation sites (tertiary alicyclic amines) is 2. The van der Waals surface area contributed by atoms with Crippen LogP contribution in [0.1, 0.15) is 30.7 Å². The minimum absolute atomic E-state index is 0.104. The Morgan fingerprint density at radius 1 is 1.44 bits per heavy atom. The van der Waals surface area contributed by atoms with Crippen LogP contribution in [0.2, 0.25) is 0 Å². The lowest BCUT2D eigenvalue weighted by Crippen LogP contribution is -2.54. The minimum atomic E-state index is -5.08. The number of hydrogen-bond acceptors (Lipinski definition) is 5. The van der Waals surface area contributed by atoms with Crippen LogP contribution in [0.15, 0.2) is 11.6 Å².